The summed E-state index contributed by atoms with van der Waals surface area (Å²) in [5.41, 5.74) is 10.3. The molecule has 0 saturated heterocycles. The van der Waals surface area contributed by atoms with Crippen LogP contribution in [0.5, 0.6) is 0 Å². The third-order valence-electron chi connectivity index (χ3n) is 7.61. The Labute approximate surface area is 247 Å². The molecule has 0 amide bonds. The summed E-state index contributed by atoms with van der Waals surface area (Å²) in [4.78, 5) is 2.32. The van der Waals surface area contributed by atoms with Gasteiger partial charge in [-0.05, 0) is 93.7 Å². The van der Waals surface area contributed by atoms with Gasteiger partial charge in [0.25, 0.3) is 0 Å². The molecular weight excluding hydrogens is 508 g/mol. The van der Waals surface area contributed by atoms with E-state index >= 15 is 0 Å². The first-order valence-corrected chi connectivity index (χ1v) is 14.3. The molecule has 0 aliphatic carbocycles. The second kappa shape index (κ2) is 11.5. The zero-order valence-corrected chi connectivity index (χ0v) is 23.2. The first-order chi connectivity index (χ1) is 20.8. The van der Waals surface area contributed by atoms with Gasteiger partial charge in [0.1, 0.15) is 0 Å². The molecule has 0 atom stereocenters. The molecule has 0 aromatic heterocycles. The highest BCUT2D eigenvalue weighted by Crippen LogP contribution is 2.38. The summed E-state index contributed by atoms with van der Waals surface area (Å²) in [6, 6.07) is 62.2. The standard InChI is InChI=1S/C40H30N2/c1-3-10-30(11-4-1)33-18-23-38(24-19-33)42(40-25-20-32-14-7-8-15-35(32)29-40)39-26-21-36(22-27-39)41-37-17-9-16-34(28-37)31-12-5-2-6-13-31/h1-29,41H. The van der Waals surface area contributed by atoms with Gasteiger partial charge in [0.2, 0.25) is 0 Å². The van der Waals surface area contributed by atoms with Crippen molar-refractivity contribution >= 4 is 39.2 Å². The maximum absolute atomic E-state index is 3.59. The molecule has 200 valence electrons. The zero-order valence-electron chi connectivity index (χ0n) is 23.2. The van der Waals surface area contributed by atoms with E-state index in [1.807, 2.05) is 6.07 Å². The molecule has 0 bridgehead atoms. The normalized spacial score (nSPS) is 10.9. The molecule has 0 fully saturated rings. The number of hydrogen-bond donors (Lipinski definition) is 1. The lowest BCUT2D eigenvalue weighted by Gasteiger charge is -2.26. The number of anilines is 5. The van der Waals surface area contributed by atoms with E-state index in [2.05, 4.69) is 180 Å². The smallest absolute Gasteiger partial charge is 0.0468 e. The number of hydrogen-bond acceptors (Lipinski definition) is 2. The van der Waals surface area contributed by atoms with Crippen LogP contribution in [0.25, 0.3) is 33.0 Å². The van der Waals surface area contributed by atoms with E-state index in [9.17, 15) is 0 Å². The lowest BCUT2D eigenvalue weighted by molar-refractivity contribution is 1.29. The minimum atomic E-state index is 1.04. The first-order valence-electron chi connectivity index (χ1n) is 14.3. The monoisotopic (exact) mass is 538 g/mol. The van der Waals surface area contributed by atoms with E-state index in [-0.39, 0.29) is 0 Å². The van der Waals surface area contributed by atoms with Gasteiger partial charge in [-0.25, -0.2) is 0 Å². The molecule has 1 N–H and O–H groups in total. The van der Waals surface area contributed by atoms with Crippen LogP contribution >= 0.6 is 0 Å². The Hall–Kier alpha value is -5.60. The molecule has 0 saturated carbocycles. The SMILES string of the molecule is c1ccc(-c2ccc(N(c3ccc(Nc4cccc(-c5ccccc5)c4)cc3)c3ccc4ccccc4c3)cc2)cc1. The maximum Gasteiger partial charge on any atom is 0.0468 e. The van der Waals surface area contributed by atoms with Gasteiger partial charge in [0.05, 0.1) is 0 Å². The van der Waals surface area contributed by atoms with Crippen LogP contribution in [0.1, 0.15) is 0 Å². The lowest BCUT2D eigenvalue weighted by atomic mass is 10.0. The van der Waals surface area contributed by atoms with Crippen LogP contribution in [0.4, 0.5) is 28.4 Å². The minimum absolute atomic E-state index is 1.04. The van der Waals surface area contributed by atoms with Crippen molar-refractivity contribution in [3.05, 3.63) is 176 Å². The fourth-order valence-electron chi connectivity index (χ4n) is 5.46. The van der Waals surface area contributed by atoms with Crippen LogP contribution in [0.3, 0.4) is 0 Å². The lowest BCUT2D eigenvalue weighted by Crippen LogP contribution is -2.10. The molecule has 7 rings (SSSR count). The van der Waals surface area contributed by atoms with Gasteiger partial charge in [-0.3, -0.25) is 0 Å². The first kappa shape index (κ1) is 25.4. The molecule has 7 aromatic rings. The van der Waals surface area contributed by atoms with Crippen LogP contribution in [0.2, 0.25) is 0 Å². The highest BCUT2D eigenvalue weighted by atomic mass is 15.1. The summed E-state index contributed by atoms with van der Waals surface area (Å²) in [5.74, 6) is 0. The van der Waals surface area contributed by atoms with Gasteiger partial charge in [-0.1, -0.05) is 115 Å². The predicted molar refractivity (Wildman–Crippen MR) is 179 cm³/mol. The number of benzene rings is 7. The van der Waals surface area contributed by atoms with Gasteiger partial charge in [-0.2, -0.15) is 0 Å². The molecular formula is C40H30N2. The van der Waals surface area contributed by atoms with Gasteiger partial charge >= 0.3 is 0 Å². The molecule has 0 heterocycles. The Morgan fingerprint density at radius 2 is 0.833 bits per heavy atom. The van der Waals surface area contributed by atoms with Crippen LogP contribution in [0.15, 0.2) is 176 Å². The largest absolute Gasteiger partial charge is 0.356 e. The fraction of sp³-hybridized carbons (Fsp3) is 0. The van der Waals surface area contributed by atoms with Crippen LogP contribution in [-0.2, 0) is 0 Å². The van der Waals surface area contributed by atoms with Gasteiger partial charge in [0.15, 0.2) is 0 Å². The Balaban J connectivity index is 1.22. The Morgan fingerprint density at radius 3 is 1.52 bits per heavy atom. The van der Waals surface area contributed by atoms with Crippen LogP contribution in [-0.4, -0.2) is 0 Å². The van der Waals surface area contributed by atoms with Crippen LogP contribution < -0.4 is 10.2 Å². The second-order valence-electron chi connectivity index (χ2n) is 10.4. The van der Waals surface area contributed by atoms with Crippen molar-refractivity contribution < 1.29 is 0 Å². The van der Waals surface area contributed by atoms with Crippen molar-refractivity contribution in [2.24, 2.45) is 0 Å². The van der Waals surface area contributed by atoms with E-state index in [1.54, 1.807) is 0 Å². The summed E-state index contributed by atoms with van der Waals surface area (Å²) in [6.45, 7) is 0. The highest BCUT2D eigenvalue weighted by Gasteiger charge is 2.14. The molecule has 2 nitrogen and oxygen atoms in total. The number of fused-ring (bicyclic) bond motifs is 1. The summed E-state index contributed by atoms with van der Waals surface area (Å²) in [5, 5.41) is 6.05. The van der Waals surface area contributed by atoms with E-state index in [1.165, 1.54) is 33.0 Å². The minimum Gasteiger partial charge on any atom is -0.356 e. The maximum atomic E-state index is 3.59. The Bertz CT molecular complexity index is 1930. The molecule has 2 heteroatoms. The topological polar surface area (TPSA) is 15.3 Å². The summed E-state index contributed by atoms with van der Waals surface area (Å²) in [7, 11) is 0. The quantitative estimate of drug-likeness (QED) is 0.217. The highest BCUT2D eigenvalue weighted by molar-refractivity contribution is 5.89. The molecule has 0 radical (unpaired) electrons. The third-order valence-corrected chi connectivity index (χ3v) is 7.61. The average Bonchev–Trinajstić information content (AvgIpc) is 3.07. The second-order valence-corrected chi connectivity index (χ2v) is 10.4. The van der Waals surface area contributed by atoms with E-state index in [0.29, 0.717) is 0 Å². The summed E-state index contributed by atoms with van der Waals surface area (Å²) in [6.07, 6.45) is 0. The predicted octanol–water partition coefficient (Wildman–Crippen LogP) is 11.4. The van der Waals surface area contributed by atoms with Crippen molar-refractivity contribution in [2.75, 3.05) is 10.2 Å². The van der Waals surface area contributed by atoms with E-state index in [0.717, 1.165) is 28.4 Å². The molecule has 0 aliphatic heterocycles. The number of nitrogens with zero attached hydrogens (tertiary/aromatic N) is 1. The molecule has 0 spiro atoms. The molecule has 7 aromatic carbocycles. The van der Waals surface area contributed by atoms with Gasteiger partial charge in [0, 0.05) is 28.4 Å². The summed E-state index contributed by atoms with van der Waals surface area (Å²) >= 11 is 0. The Morgan fingerprint density at radius 1 is 0.310 bits per heavy atom. The third kappa shape index (κ3) is 5.39. The average molecular weight is 539 g/mol. The zero-order chi connectivity index (χ0) is 28.1. The van der Waals surface area contributed by atoms with Crippen molar-refractivity contribution in [3.8, 4) is 22.3 Å². The van der Waals surface area contributed by atoms with Crippen molar-refractivity contribution in [3.63, 3.8) is 0 Å². The van der Waals surface area contributed by atoms with Crippen LogP contribution in [0, 0.1) is 0 Å². The summed E-state index contributed by atoms with van der Waals surface area (Å²) < 4.78 is 0. The van der Waals surface area contributed by atoms with Gasteiger partial charge in [-0.15, -0.1) is 0 Å². The number of nitrogens with one attached hydrogen (secondary N) is 1. The van der Waals surface area contributed by atoms with Crippen molar-refractivity contribution in [2.45, 2.75) is 0 Å². The number of rotatable bonds is 7. The van der Waals surface area contributed by atoms with Crippen molar-refractivity contribution in [1.82, 2.24) is 0 Å². The van der Waals surface area contributed by atoms with Gasteiger partial charge < -0.3 is 10.2 Å². The van der Waals surface area contributed by atoms with E-state index < -0.39 is 0 Å². The Kier molecular flexibility index (Phi) is 6.94. The van der Waals surface area contributed by atoms with E-state index in [4.69, 9.17) is 0 Å². The molecule has 42 heavy (non-hydrogen) atoms. The molecule has 0 aliphatic rings. The van der Waals surface area contributed by atoms with Crippen molar-refractivity contribution in [1.29, 1.82) is 0 Å². The molecule has 0 unspecified atom stereocenters. The fourth-order valence-corrected chi connectivity index (χ4v) is 5.46.